The number of aromatic nitrogens is 3. The number of hydrogen-bond acceptors (Lipinski definition) is 5. The van der Waals surface area contributed by atoms with E-state index in [1.54, 1.807) is 30.3 Å². The van der Waals surface area contributed by atoms with Gasteiger partial charge in [0.15, 0.2) is 5.65 Å². The molecule has 9 heteroatoms. The molecule has 2 N–H and O–H groups in total. The molecule has 2 aromatic heterocycles. The maximum absolute atomic E-state index is 13.5. The number of carbonyl (C=O) groups is 1. The van der Waals surface area contributed by atoms with Crippen LogP contribution in [-0.4, -0.2) is 53.1 Å². The number of hydrogen-bond donors (Lipinski definition) is 2. The van der Waals surface area contributed by atoms with Gasteiger partial charge in [0.25, 0.3) is 0 Å². The van der Waals surface area contributed by atoms with Crippen LogP contribution in [0.25, 0.3) is 33.7 Å². The lowest BCUT2D eigenvalue weighted by Gasteiger charge is -2.12. The van der Waals surface area contributed by atoms with Crippen molar-refractivity contribution < 1.29 is 13.6 Å². The first kappa shape index (κ1) is 22.2. The van der Waals surface area contributed by atoms with Gasteiger partial charge in [-0.25, -0.2) is 28.5 Å². The SMILES string of the molecule is CN(C)CCNC(=O)Nc1cnc2nc(-c3ccc(F)cc3)c(-c3ccc(F)cc3)nc2c1. The average Bonchev–Trinajstić information content (AvgIpc) is 2.79. The van der Waals surface area contributed by atoms with Gasteiger partial charge in [-0.2, -0.15) is 0 Å². The molecule has 0 radical (unpaired) electrons. The summed E-state index contributed by atoms with van der Waals surface area (Å²) in [5, 5.41) is 5.50. The van der Waals surface area contributed by atoms with Gasteiger partial charge >= 0.3 is 6.03 Å². The van der Waals surface area contributed by atoms with Crippen LogP contribution in [0.2, 0.25) is 0 Å². The Hall–Kier alpha value is -3.98. The molecule has 0 saturated carbocycles. The summed E-state index contributed by atoms with van der Waals surface area (Å²) in [4.78, 5) is 27.8. The Morgan fingerprint density at radius 3 is 2.06 bits per heavy atom. The number of halogens is 2. The Labute approximate surface area is 189 Å². The fraction of sp³-hybridized carbons (Fsp3) is 0.167. The lowest BCUT2D eigenvalue weighted by atomic mass is 10.0. The highest BCUT2D eigenvalue weighted by Crippen LogP contribution is 2.31. The molecule has 2 heterocycles. The molecule has 0 saturated heterocycles. The van der Waals surface area contributed by atoms with Crippen molar-refractivity contribution in [2.75, 3.05) is 32.5 Å². The first-order valence-corrected chi connectivity index (χ1v) is 10.3. The number of pyridine rings is 1. The zero-order valence-corrected chi connectivity index (χ0v) is 18.1. The zero-order chi connectivity index (χ0) is 23.4. The predicted octanol–water partition coefficient (Wildman–Crippen LogP) is 4.32. The molecule has 0 spiro atoms. The standard InChI is InChI=1S/C24H22F2N6O/c1-32(2)12-11-27-24(33)29-19-13-20-23(28-14-19)31-22(16-5-9-18(26)10-6-16)21(30-20)15-3-7-17(25)8-4-15/h3-10,13-14H,11-12H2,1-2H3,(H2,27,29,33). The van der Waals surface area contributed by atoms with Gasteiger partial charge in [-0.15, -0.1) is 0 Å². The van der Waals surface area contributed by atoms with Crippen molar-refractivity contribution in [3.8, 4) is 22.5 Å². The number of amides is 2. The van der Waals surface area contributed by atoms with E-state index in [0.29, 0.717) is 52.5 Å². The fourth-order valence-corrected chi connectivity index (χ4v) is 3.20. The zero-order valence-electron chi connectivity index (χ0n) is 18.1. The molecule has 4 aromatic rings. The van der Waals surface area contributed by atoms with Crippen LogP contribution in [0, 0.1) is 11.6 Å². The quantitative estimate of drug-likeness (QED) is 0.459. The first-order valence-electron chi connectivity index (χ1n) is 10.3. The number of anilines is 1. The summed E-state index contributed by atoms with van der Waals surface area (Å²) >= 11 is 0. The van der Waals surface area contributed by atoms with E-state index in [0.717, 1.165) is 0 Å². The third-order valence-corrected chi connectivity index (χ3v) is 4.86. The van der Waals surface area contributed by atoms with Gasteiger partial charge < -0.3 is 15.5 Å². The summed E-state index contributed by atoms with van der Waals surface area (Å²) in [6, 6.07) is 13.1. The Morgan fingerprint density at radius 2 is 1.48 bits per heavy atom. The van der Waals surface area contributed by atoms with Crippen LogP contribution in [0.5, 0.6) is 0 Å². The number of carbonyl (C=O) groups excluding carboxylic acids is 1. The first-order chi connectivity index (χ1) is 15.9. The lowest BCUT2D eigenvalue weighted by molar-refractivity contribution is 0.250. The summed E-state index contributed by atoms with van der Waals surface area (Å²) in [6.07, 6.45) is 1.49. The molecule has 0 aliphatic heterocycles. The van der Waals surface area contributed by atoms with E-state index in [9.17, 15) is 13.6 Å². The monoisotopic (exact) mass is 448 g/mol. The molecular weight excluding hydrogens is 426 g/mol. The number of rotatable bonds is 6. The minimum atomic E-state index is -0.371. The summed E-state index contributed by atoms with van der Waals surface area (Å²) < 4.78 is 27.0. The van der Waals surface area contributed by atoms with E-state index in [-0.39, 0.29) is 17.7 Å². The van der Waals surface area contributed by atoms with Crippen LogP contribution in [0.1, 0.15) is 0 Å². The van der Waals surface area contributed by atoms with Crippen molar-refractivity contribution in [2.45, 2.75) is 0 Å². The van der Waals surface area contributed by atoms with Crippen molar-refractivity contribution >= 4 is 22.9 Å². The number of nitrogens with one attached hydrogen (secondary N) is 2. The maximum Gasteiger partial charge on any atom is 0.319 e. The van der Waals surface area contributed by atoms with Crippen molar-refractivity contribution in [1.82, 2.24) is 25.2 Å². The maximum atomic E-state index is 13.5. The molecule has 0 atom stereocenters. The highest BCUT2D eigenvalue weighted by molar-refractivity contribution is 5.92. The number of likely N-dealkylation sites (N-methyl/N-ethyl adjacent to an activating group) is 1. The molecule has 33 heavy (non-hydrogen) atoms. The molecule has 0 bridgehead atoms. The average molecular weight is 448 g/mol. The van der Waals surface area contributed by atoms with Gasteiger partial charge in [0.2, 0.25) is 0 Å². The normalized spacial score (nSPS) is 11.1. The Kier molecular flexibility index (Phi) is 6.50. The van der Waals surface area contributed by atoms with Gasteiger partial charge in [-0.1, -0.05) is 0 Å². The van der Waals surface area contributed by atoms with Crippen LogP contribution >= 0.6 is 0 Å². The van der Waals surface area contributed by atoms with Crippen molar-refractivity contribution in [3.63, 3.8) is 0 Å². The summed E-state index contributed by atoms with van der Waals surface area (Å²) in [7, 11) is 3.84. The predicted molar refractivity (Wildman–Crippen MR) is 124 cm³/mol. The van der Waals surface area contributed by atoms with Crippen LogP contribution < -0.4 is 10.6 Å². The van der Waals surface area contributed by atoms with E-state index in [1.165, 1.54) is 30.5 Å². The van der Waals surface area contributed by atoms with E-state index >= 15 is 0 Å². The van der Waals surface area contributed by atoms with Crippen LogP contribution in [0.4, 0.5) is 19.3 Å². The Balaban J connectivity index is 1.71. The second kappa shape index (κ2) is 9.66. The summed E-state index contributed by atoms with van der Waals surface area (Å²) in [5.41, 5.74) is 3.54. The fourth-order valence-electron chi connectivity index (χ4n) is 3.20. The van der Waals surface area contributed by atoms with Crippen molar-refractivity contribution in [2.24, 2.45) is 0 Å². The van der Waals surface area contributed by atoms with Gasteiger partial charge in [0, 0.05) is 24.2 Å². The molecule has 2 amide bonds. The van der Waals surface area contributed by atoms with E-state index in [2.05, 4.69) is 20.6 Å². The number of benzene rings is 2. The van der Waals surface area contributed by atoms with Gasteiger partial charge in [-0.05, 0) is 68.7 Å². The molecule has 0 aliphatic carbocycles. The van der Waals surface area contributed by atoms with Gasteiger partial charge in [0.05, 0.1) is 23.3 Å². The second-order valence-electron chi connectivity index (χ2n) is 7.69. The van der Waals surface area contributed by atoms with Crippen molar-refractivity contribution in [1.29, 1.82) is 0 Å². The summed E-state index contributed by atoms with van der Waals surface area (Å²) in [6.45, 7) is 1.21. The lowest BCUT2D eigenvalue weighted by Crippen LogP contribution is -2.34. The topological polar surface area (TPSA) is 83.0 Å². The van der Waals surface area contributed by atoms with E-state index in [4.69, 9.17) is 4.98 Å². The molecule has 0 unspecified atom stereocenters. The van der Waals surface area contributed by atoms with Gasteiger partial charge in [-0.3, -0.25) is 0 Å². The Bertz CT molecular complexity index is 1280. The highest BCUT2D eigenvalue weighted by Gasteiger charge is 2.15. The molecule has 0 fully saturated rings. The molecule has 168 valence electrons. The highest BCUT2D eigenvalue weighted by atomic mass is 19.1. The molecule has 2 aromatic carbocycles. The molecule has 0 aliphatic rings. The van der Waals surface area contributed by atoms with Crippen LogP contribution in [0.15, 0.2) is 60.8 Å². The van der Waals surface area contributed by atoms with Crippen LogP contribution in [-0.2, 0) is 0 Å². The summed E-state index contributed by atoms with van der Waals surface area (Å²) in [5.74, 6) is -0.738. The molecule has 4 rings (SSSR count). The number of fused-ring (bicyclic) bond motifs is 1. The number of urea groups is 1. The third kappa shape index (κ3) is 5.45. The third-order valence-electron chi connectivity index (χ3n) is 4.86. The van der Waals surface area contributed by atoms with Crippen LogP contribution in [0.3, 0.4) is 0 Å². The van der Waals surface area contributed by atoms with Crippen molar-refractivity contribution in [3.05, 3.63) is 72.4 Å². The molecule has 7 nitrogen and oxygen atoms in total. The van der Waals surface area contributed by atoms with Gasteiger partial charge in [0.1, 0.15) is 17.2 Å². The smallest absolute Gasteiger partial charge is 0.319 e. The minimum Gasteiger partial charge on any atom is -0.337 e. The Morgan fingerprint density at radius 1 is 0.909 bits per heavy atom. The largest absolute Gasteiger partial charge is 0.337 e. The number of nitrogens with zero attached hydrogens (tertiary/aromatic N) is 4. The minimum absolute atomic E-state index is 0.354. The van der Waals surface area contributed by atoms with E-state index in [1.807, 2.05) is 19.0 Å². The molecular formula is C24H22F2N6O. The van der Waals surface area contributed by atoms with E-state index < -0.39 is 0 Å². The second-order valence-corrected chi connectivity index (χ2v) is 7.69.